The van der Waals surface area contributed by atoms with Crippen molar-refractivity contribution in [3.63, 3.8) is 0 Å². The first-order valence-corrected chi connectivity index (χ1v) is 17.6. The molecule has 0 unspecified atom stereocenters. The molecule has 2 aliphatic rings. The molecule has 0 aromatic heterocycles. The van der Waals surface area contributed by atoms with Crippen molar-refractivity contribution in [2.24, 2.45) is 10.8 Å². The molecule has 3 N–H and O–H groups in total. The predicted molar refractivity (Wildman–Crippen MR) is 196 cm³/mol. The summed E-state index contributed by atoms with van der Waals surface area (Å²) in [6.45, 7) is 20.2. The van der Waals surface area contributed by atoms with Gasteiger partial charge in [-0.2, -0.15) is 8.42 Å². The van der Waals surface area contributed by atoms with Crippen molar-refractivity contribution in [2.45, 2.75) is 107 Å². The van der Waals surface area contributed by atoms with Crippen LogP contribution in [-0.2, 0) is 14.6 Å². The molecule has 0 aromatic rings. The lowest BCUT2D eigenvalue weighted by Crippen LogP contribution is -2.44. The lowest BCUT2D eigenvalue weighted by atomic mass is 9.69. The average molecular weight is 665 g/mol. The van der Waals surface area contributed by atoms with Crippen LogP contribution >= 0.6 is 0 Å². The van der Waals surface area contributed by atoms with Gasteiger partial charge in [-0.05, 0) is 77.4 Å². The maximum absolute atomic E-state index is 11.2. The highest BCUT2D eigenvalue weighted by atomic mass is 32.3. The number of aliphatic hydroxyl groups excluding tert-OH is 2. The van der Waals surface area contributed by atoms with E-state index in [1.807, 2.05) is 65.8 Å². The van der Waals surface area contributed by atoms with Crippen molar-refractivity contribution in [3.05, 3.63) is 130 Å². The van der Waals surface area contributed by atoms with E-state index in [4.69, 9.17) is 8.74 Å². The van der Waals surface area contributed by atoms with Gasteiger partial charge in [-0.25, -0.2) is 4.18 Å². The summed E-state index contributed by atoms with van der Waals surface area (Å²) in [5, 5.41) is 20.6. The van der Waals surface area contributed by atoms with Crippen molar-refractivity contribution >= 4 is 10.4 Å². The van der Waals surface area contributed by atoms with Crippen LogP contribution in [0.3, 0.4) is 0 Å². The largest absolute Gasteiger partial charge is 0.397 e. The van der Waals surface area contributed by atoms with Gasteiger partial charge in [0.15, 0.2) is 0 Å². The lowest BCUT2D eigenvalue weighted by Gasteiger charge is -2.40. The molecular weight excluding hydrogens is 609 g/mol. The van der Waals surface area contributed by atoms with Crippen molar-refractivity contribution < 1.29 is 27.4 Å². The number of rotatable bonds is 12. The van der Waals surface area contributed by atoms with Gasteiger partial charge in [-0.15, -0.1) is 0 Å². The zero-order chi connectivity index (χ0) is 35.6. The summed E-state index contributed by atoms with van der Waals surface area (Å²) in [5.74, 6) is 0. The van der Waals surface area contributed by atoms with Gasteiger partial charge in [-0.3, -0.25) is 4.55 Å². The second-order valence-electron chi connectivity index (χ2n) is 14.2. The minimum atomic E-state index is -4.47. The molecule has 0 bridgehead atoms. The Bertz CT molecular complexity index is 1580. The van der Waals surface area contributed by atoms with E-state index in [2.05, 4.69) is 88.5 Å². The van der Waals surface area contributed by atoms with Crippen LogP contribution in [0.1, 0.15) is 88.5 Å². The topological polar surface area (TPSA) is 104 Å². The molecule has 7 heteroatoms. The van der Waals surface area contributed by atoms with Gasteiger partial charge in [0.25, 0.3) is 0 Å². The molecule has 47 heavy (non-hydrogen) atoms. The molecule has 0 spiro atoms. The summed E-state index contributed by atoms with van der Waals surface area (Å²) in [5.41, 5.74) is 8.04. The smallest absolute Gasteiger partial charge is 0.390 e. The fraction of sp³-hybridized carbons (Fsp3) is 0.450. The van der Waals surface area contributed by atoms with E-state index in [9.17, 15) is 18.6 Å². The standard InChI is InChI=1S/C40H56O6S/c1-28(17-13-19-30(3)21-23-35-32(5)25-34(27-39(35,7)8)46-47(43,44)45)15-11-12-16-29(2)18-14-20-31(4)22-24-36-33(6)26-37(41)38(42)40(36,9)10/h11-24,34,37-38,41-42H,25-27H2,1-10H3,(H,43,44,45)/b12-11+,17-13+,18-14+,23-21+,24-22+,28-15+,29-16+,30-19+,31-20+/t34-,37-,38+/m1/s1. The van der Waals surface area contributed by atoms with E-state index in [-0.39, 0.29) is 5.41 Å². The van der Waals surface area contributed by atoms with E-state index in [1.54, 1.807) is 0 Å². The van der Waals surface area contributed by atoms with E-state index in [0.717, 1.165) is 44.6 Å². The summed E-state index contributed by atoms with van der Waals surface area (Å²) in [4.78, 5) is 0. The third-order valence-corrected chi connectivity index (χ3v) is 9.30. The van der Waals surface area contributed by atoms with Gasteiger partial charge < -0.3 is 10.2 Å². The first kappa shape index (κ1) is 40.1. The predicted octanol–water partition coefficient (Wildman–Crippen LogP) is 9.35. The maximum atomic E-state index is 11.2. The summed E-state index contributed by atoms with van der Waals surface area (Å²) in [6.07, 6.45) is 28.1. The average Bonchev–Trinajstić information content (AvgIpc) is 2.92. The minimum Gasteiger partial charge on any atom is -0.390 e. The van der Waals surface area contributed by atoms with Gasteiger partial charge in [0.1, 0.15) is 0 Å². The molecule has 0 amide bonds. The molecule has 3 atom stereocenters. The highest BCUT2D eigenvalue weighted by Crippen LogP contribution is 2.43. The maximum Gasteiger partial charge on any atom is 0.397 e. The number of hydrogen-bond acceptors (Lipinski definition) is 5. The van der Waals surface area contributed by atoms with Gasteiger partial charge in [0.2, 0.25) is 0 Å². The monoisotopic (exact) mass is 664 g/mol. The van der Waals surface area contributed by atoms with Crippen LogP contribution in [0.4, 0.5) is 0 Å². The summed E-state index contributed by atoms with van der Waals surface area (Å²) in [7, 11) is -4.47. The van der Waals surface area contributed by atoms with Crippen LogP contribution in [0.15, 0.2) is 130 Å². The van der Waals surface area contributed by atoms with E-state index in [1.165, 1.54) is 0 Å². The molecule has 0 heterocycles. The quantitative estimate of drug-likeness (QED) is 0.142. The van der Waals surface area contributed by atoms with Crippen molar-refractivity contribution in [3.8, 4) is 0 Å². The molecule has 0 radical (unpaired) electrons. The van der Waals surface area contributed by atoms with E-state index < -0.39 is 34.1 Å². The number of hydrogen-bond donors (Lipinski definition) is 3. The Hall–Kier alpha value is -3.07. The van der Waals surface area contributed by atoms with Crippen molar-refractivity contribution in [1.82, 2.24) is 0 Å². The molecule has 6 nitrogen and oxygen atoms in total. The van der Waals surface area contributed by atoms with Crippen LogP contribution in [0.5, 0.6) is 0 Å². The molecule has 2 aliphatic carbocycles. The summed E-state index contributed by atoms with van der Waals surface area (Å²) in [6, 6.07) is 0. The molecule has 0 saturated heterocycles. The Morgan fingerprint density at radius 2 is 1.13 bits per heavy atom. The van der Waals surface area contributed by atoms with E-state index in [0.29, 0.717) is 19.3 Å². The second kappa shape index (κ2) is 17.4. The zero-order valence-corrected chi connectivity index (χ0v) is 30.7. The highest BCUT2D eigenvalue weighted by molar-refractivity contribution is 7.80. The lowest BCUT2D eigenvalue weighted by molar-refractivity contribution is -0.0439. The van der Waals surface area contributed by atoms with Crippen LogP contribution in [0, 0.1) is 10.8 Å². The third kappa shape index (κ3) is 13.2. The fourth-order valence-electron chi connectivity index (χ4n) is 6.24. The molecule has 2 rings (SSSR count). The first-order valence-electron chi connectivity index (χ1n) is 16.2. The number of allylic oxidation sites excluding steroid dienone is 19. The normalized spacial score (nSPS) is 25.6. The number of aliphatic hydroxyl groups is 2. The van der Waals surface area contributed by atoms with E-state index >= 15 is 0 Å². The zero-order valence-electron chi connectivity index (χ0n) is 29.9. The SMILES string of the molecule is CC1=C(/C=C/C(C)=C/C=C/C(C)=C/C=C/C=C(C)/C=C/C=C(C)/C=C/C2=C(C)C[C@@H](O)[C@H](O)C2(C)C)C(C)(C)C[C@H](OS(=O)(=O)O)C1. The molecule has 0 aromatic carbocycles. The van der Waals surface area contributed by atoms with Crippen LogP contribution in [-0.4, -0.2) is 41.5 Å². The Morgan fingerprint density at radius 3 is 1.60 bits per heavy atom. The van der Waals surface area contributed by atoms with Crippen LogP contribution in [0.2, 0.25) is 0 Å². The van der Waals surface area contributed by atoms with Crippen LogP contribution < -0.4 is 0 Å². The third-order valence-electron chi connectivity index (χ3n) is 8.78. The Morgan fingerprint density at radius 1 is 0.702 bits per heavy atom. The Kier molecular flexibility index (Phi) is 14.8. The molecular formula is C40H56O6S. The molecule has 0 fully saturated rings. The summed E-state index contributed by atoms with van der Waals surface area (Å²) < 4.78 is 36.3. The fourth-order valence-corrected chi connectivity index (χ4v) is 6.72. The van der Waals surface area contributed by atoms with Crippen LogP contribution in [0.25, 0.3) is 0 Å². The Balaban J connectivity index is 1.94. The first-order chi connectivity index (χ1) is 21.7. The van der Waals surface area contributed by atoms with Gasteiger partial charge in [-0.1, -0.05) is 146 Å². The molecule has 0 aliphatic heterocycles. The van der Waals surface area contributed by atoms with Crippen molar-refractivity contribution in [1.29, 1.82) is 0 Å². The van der Waals surface area contributed by atoms with Crippen molar-refractivity contribution in [2.75, 3.05) is 0 Å². The summed E-state index contributed by atoms with van der Waals surface area (Å²) >= 11 is 0. The van der Waals surface area contributed by atoms with Gasteiger partial charge in [0, 0.05) is 5.41 Å². The Labute approximate surface area is 284 Å². The van der Waals surface area contributed by atoms with Gasteiger partial charge in [0.05, 0.1) is 18.3 Å². The highest BCUT2D eigenvalue weighted by Gasteiger charge is 2.40. The van der Waals surface area contributed by atoms with Gasteiger partial charge >= 0.3 is 10.4 Å². The molecule has 258 valence electrons. The second-order valence-corrected chi connectivity index (χ2v) is 15.2. The molecule has 0 saturated carbocycles. The minimum absolute atomic E-state index is 0.284.